The lowest BCUT2D eigenvalue weighted by molar-refractivity contribution is -0.114. The average molecular weight is 388 g/mol. The zero-order valence-electron chi connectivity index (χ0n) is 16.0. The van der Waals surface area contributed by atoms with E-state index in [1.54, 1.807) is 31.2 Å². The van der Waals surface area contributed by atoms with Crippen molar-refractivity contribution < 1.29 is 19.1 Å². The molecule has 7 heteroatoms. The Labute approximate surface area is 162 Å². The van der Waals surface area contributed by atoms with Crippen molar-refractivity contribution in [3.8, 4) is 0 Å². The minimum absolute atomic E-state index is 0.00872. The molecule has 0 radical (unpaired) electrons. The van der Waals surface area contributed by atoms with Crippen molar-refractivity contribution in [2.24, 2.45) is 0 Å². The summed E-state index contributed by atoms with van der Waals surface area (Å²) in [5, 5.41) is 6.33. The number of thiophene rings is 1. The standard InChI is InChI=1S/C20H24N2O4S/c1-5-16-13(4)27-19(18(16)20(25)26-6-2)22-17(24)11-21-15-9-7-14(8-10-15)12(3)23/h7-10,21H,5-6,11H2,1-4H3,(H,22,24). The zero-order valence-corrected chi connectivity index (χ0v) is 16.8. The van der Waals surface area contributed by atoms with Crippen LogP contribution in [0.5, 0.6) is 0 Å². The number of hydrogen-bond donors (Lipinski definition) is 2. The Morgan fingerprint density at radius 2 is 1.78 bits per heavy atom. The van der Waals surface area contributed by atoms with Crippen molar-refractivity contribution >= 4 is 39.7 Å². The van der Waals surface area contributed by atoms with E-state index in [2.05, 4.69) is 10.6 Å². The minimum Gasteiger partial charge on any atom is -0.462 e. The highest BCUT2D eigenvalue weighted by atomic mass is 32.1. The van der Waals surface area contributed by atoms with Crippen molar-refractivity contribution in [2.45, 2.75) is 34.1 Å². The Morgan fingerprint density at radius 3 is 2.33 bits per heavy atom. The second-order valence-electron chi connectivity index (χ2n) is 5.95. The predicted octanol–water partition coefficient (Wildman–Crippen LogP) is 4.05. The number of esters is 1. The molecule has 6 nitrogen and oxygen atoms in total. The van der Waals surface area contributed by atoms with Gasteiger partial charge in [-0.05, 0) is 57.0 Å². The fraction of sp³-hybridized carbons (Fsp3) is 0.350. The molecule has 2 N–H and O–H groups in total. The Hall–Kier alpha value is -2.67. The molecule has 1 aromatic heterocycles. The van der Waals surface area contributed by atoms with E-state index in [1.807, 2.05) is 13.8 Å². The molecule has 1 aromatic carbocycles. The van der Waals surface area contributed by atoms with Gasteiger partial charge < -0.3 is 15.4 Å². The van der Waals surface area contributed by atoms with Gasteiger partial charge >= 0.3 is 5.97 Å². The van der Waals surface area contributed by atoms with Gasteiger partial charge in [0, 0.05) is 16.1 Å². The largest absolute Gasteiger partial charge is 0.462 e. The van der Waals surface area contributed by atoms with E-state index in [1.165, 1.54) is 18.3 Å². The molecule has 0 aliphatic carbocycles. The second kappa shape index (κ2) is 9.32. The van der Waals surface area contributed by atoms with Crippen LogP contribution in [-0.2, 0) is 16.0 Å². The van der Waals surface area contributed by atoms with Crippen LogP contribution in [0.25, 0.3) is 0 Å². The molecule has 0 unspecified atom stereocenters. The fourth-order valence-corrected chi connectivity index (χ4v) is 3.84. The summed E-state index contributed by atoms with van der Waals surface area (Å²) in [5.74, 6) is -0.688. The molecule has 0 aliphatic heterocycles. The number of anilines is 2. The van der Waals surface area contributed by atoms with Gasteiger partial charge in [-0.3, -0.25) is 9.59 Å². The van der Waals surface area contributed by atoms with E-state index in [4.69, 9.17) is 4.74 Å². The van der Waals surface area contributed by atoms with E-state index in [0.29, 0.717) is 22.5 Å². The van der Waals surface area contributed by atoms with Gasteiger partial charge in [0.25, 0.3) is 0 Å². The highest BCUT2D eigenvalue weighted by Crippen LogP contribution is 2.34. The number of aryl methyl sites for hydroxylation is 1. The van der Waals surface area contributed by atoms with Crippen LogP contribution in [-0.4, -0.2) is 30.8 Å². The fourth-order valence-electron chi connectivity index (χ4n) is 2.69. The maximum absolute atomic E-state index is 12.3. The summed E-state index contributed by atoms with van der Waals surface area (Å²) in [6.07, 6.45) is 0.688. The molecular formula is C20H24N2O4S. The lowest BCUT2D eigenvalue weighted by Crippen LogP contribution is -2.22. The topological polar surface area (TPSA) is 84.5 Å². The van der Waals surface area contributed by atoms with Crippen LogP contribution in [0.2, 0.25) is 0 Å². The molecule has 2 rings (SSSR count). The van der Waals surface area contributed by atoms with Crippen LogP contribution >= 0.6 is 11.3 Å². The van der Waals surface area contributed by atoms with Crippen molar-refractivity contribution in [3.05, 3.63) is 45.8 Å². The normalized spacial score (nSPS) is 10.4. The Morgan fingerprint density at radius 1 is 1.11 bits per heavy atom. The number of rotatable bonds is 8. The molecule has 144 valence electrons. The molecule has 0 aliphatic rings. The number of ketones is 1. The number of nitrogens with one attached hydrogen (secondary N) is 2. The molecule has 0 fully saturated rings. The van der Waals surface area contributed by atoms with Crippen LogP contribution in [0.3, 0.4) is 0 Å². The summed E-state index contributed by atoms with van der Waals surface area (Å²) in [4.78, 5) is 36.9. The summed E-state index contributed by atoms with van der Waals surface area (Å²) in [7, 11) is 0. The Kier molecular flexibility index (Phi) is 7.12. The summed E-state index contributed by atoms with van der Waals surface area (Å²) < 4.78 is 5.14. The van der Waals surface area contributed by atoms with E-state index in [9.17, 15) is 14.4 Å². The van der Waals surface area contributed by atoms with Crippen LogP contribution in [0, 0.1) is 6.92 Å². The van der Waals surface area contributed by atoms with Gasteiger partial charge in [-0.25, -0.2) is 4.79 Å². The van der Waals surface area contributed by atoms with Crippen LogP contribution in [0.4, 0.5) is 10.7 Å². The SMILES string of the molecule is CCOC(=O)c1c(NC(=O)CNc2ccc(C(C)=O)cc2)sc(C)c1CC. The third kappa shape index (κ3) is 5.17. The molecule has 27 heavy (non-hydrogen) atoms. The summed E-state index contributed by atoms with van der Waals surface area (Å²) in [6, 6.07) is 6.91. The average Bonchev–Trinajstić information content (AvgIpc) is 2.95. The molecule has 1 heterocycles. The summed E-state index contributed by atoms with van der Waals surface area (Å²) in [5.41, 5.74) is 2.70. The first-order chi connectivity index (χ1) is 12.9. The molecule has 0 bridgehead atoms. The van der Waals surface area contributed by atoms with Gasteiger partial charge in [0.05, 0.1) is 18.7 Å². The number of carbonyl (C=O) groups is 3. The number of amides is 1. The minimum atomic E-state index is -0.415. The number of benzene rings is 1. The predicted molar refractivity (Wildman–Crippen MR) is 108 cm³/mol. The molecule has 0 atom stereocenters. The zero-order chi connectivity index (χ0) is 20.0. The summed E-state index contributed by atoms with van der Waals surface area (Å²) in [6.45, 7) is 7.47. The summed E-state index contributed by atoms with van der Waals surface area (Å²) >= 11 is 1.38. The van der Waals surface area contributed by atoms with Crippen molar-refractivity contribution in [1.82, 2.24) is 0 Å². The van der Waals surface area contributed by atoms with Gasteiger partial charge in [-0.1, -0.05) is 6.92 Å². The van der Waals surface area contributed by atoms with Gasteiger partial charge in [-0.2, -0.15) is 0 Å². The lowest BCUT2D eigenvalue weighted by Gasteiger charge is -2.09. The smallest absolute Gasteiger partial charge is 0.341 e. The van der Waals surface area contributed by atoms with Crippen molar-refractivity contribution in [1.29, 1.82) is 0 Å². The second-order valence-corrected chi connectivity index (χ2v) is 7.17. The van der Waals surface area contributed by atoms with E-state index >= 15 is 0 Å². The van der Waals surface area contributed by atoms with Crippen molar-refractivity contribution in [2.75, 3.05) is 23.8 Å². The molecule has 0 spiro atoms. The first-order valence-electron chi connectivity index (χ1n) is 8.81. The van der Waals surface area contributed by atoms with Crippen LogP contribution in [0.15, 0.2) is 24.3 Å². The van der Waals surface area contributed by atoms with Crippen LogP contribution in [0.1, 0.15) is 51.9 Å². The Balaban J connectivity index is 2.06. The third-order valence-corrected chi connectivity index (χ3v) is 5.10. The first-order valence-corrected chi connectivity index (χ1v) is 9.63. The molecule has 2 aromatic rings. The molecular weight excluding hydrogens is 364 g/mol. The maximum Gasteiger partial charge on any atom is 0.341 e. The molecule has 1 amide bonds. The highest BCUT2D eigenvalue weighted by Gasteiger charge is 2.23. The molecule has 0 saturated carbocycles. The monoisotopic (exact) mass is 388 g/mol. The van der Waals surface area contributed by atoms with Crippen molar-refractivity contribution in [3.63, 3.8) is 0 Å². The Bertz CT molecular complexity index is 840. The van der Waals surface area contributed by atoms with Gasteiger partial charge in [0.2, 0.25) is 5.91 Å². The third-order valence-electron chi connectivity index (χ3n) is 4.04. The highest BCUT2D eigenvalue weighted by molar-refractivity contribution is 7.16. The number of carbonyl (C=O) groups excluding carboxylic acids is 3. The number of ether oxygens (including phenoxy) is 1. The first kappa shape index (κ1) is 20.6. The quantitative estimate of drug-likeness (QED) is 0.526. The van der Waals surface area contributed by atoms with Gasteiger partial charge in [0.15, 0.2) is 5.78 Å². The number of hydrogen-bond acceptors (Lipinski definition) is 6. The van der Waals surface area contributed by atoms with Gasteiger partial charge in [-0.15, -0.1) is 11.3 Å². The number of Topliss-reactive ketones (excluding diaryl/α,β-unsaturated/α-hetero) is 1. The maximum atomic E-state index is 12.3. The van der Waals surface area contributed by atoms with E-state index in [-0.39, 0.29) is 24.8 Å². The lowest BCUT2D eigenvalue weighted by atomic mass is 10.1. The molecule has 0 saturated heterocycles. The van der Waals surface area contributed by atoms with Crippen LogP contribution < -0.4 is 10.6 Å². The van der Waals surface area contributed by atoms with E-state index < -0.39 is 5.97 Å². The van der Waals surface area contributed by atoms with E-state index in [0.717, 1.165) is 16.1 Å². The van der Waals surface area contributed by atoms with Gasteiger partial charge in [0.1, 0.15) is 5.00 Å².